The maximum absolute atomic E-state index is 7.45. The molecule has 3 N–H and O–H groups in total. The molecule has 4 nitrogen and oxygen atoms in total. The largest absolute Gasteiger partial charge is 0.496 e. The number of nitrogen functional groups attached to an aromatic ring is 1. The molecule has 0 radical (unpaired) electrons. The van der Waals surface area contributed by atoms with E-state index in [1.54, 1.807) is 13.2 Å². The molecule has 0 aliphatic heterocycles. The molecule has 0 heterocycles. The van der Waals surface area contributed by atoms with Crippen molar-refractivity contribution < 1.29 is 9.47 Å². The molecule has 0 saturated carbocycles. The first-order valence-electron chi connectivity index (χ1n) is 6.05. The van der Waals surface area contributed by atoms with Crippen LogP contribution in [0.3, 0.4) is 0 Å². The molecule has 1 aromatic carbocycles. The van der Waals surface area contributed by atoms with Crippen molar-refractivity contribution in [1.82, 2.24) is 0 Å². The van der Waals surface area contributed by atoms with Crippen LogP contribution in [-0.4, -0.2) is 18.5 Å². The molecule has 0 aliphatic rings. The van der Waals surface area contributed by atoms with Gasteiger partial charge in [0, 0.05) is 0 Å². The van der Waals surface area contributed by atoms with Gasteiger partial charge in [-0.15, -0.1) is 0 Å². The maximum Gasteiger partial charge on any atom is 0.130 e. The first-order valence-corrected chi connectivity index (χ1v) is 6.05. The summed E-state index contributed by atoms with van der Waals surface area (Å²) in [5.41, 5.74) is 6.96. The number of hydrogen-bond donors (Lipinski definition) is 2. The summed E-state index contributed by atoms with van der Waals surface area (Å²) < 4.78 is 11.1. The van der Waals surface area contributed by atoms with E-state index in [2.05, 4.69) is 20.8 Å². The van der Waals surface area contributed by atoms with Crippen molar-refractivity contribution in [2.24, 2.45) is 5.73 Å². The first kappa shape index (κ1) is 14.5. The van der Waals surface area contributed by atoms with Crippen LogP contribution in [0.15, 0.2) is 18.2 Å². The molecule has 0 bridgehead atoms. The van der Waals surface area contributed by atoms with Crippen molar-refractivity contribution in [3.8, 4) is 5.75 Å². The molecule has 0 atom stereocenters. The molecular formula is C14H22N2O2. The van der Waals surface area contributed by atoms with Crippen molar-refractivity contribution >= 4 is 5.84 Å². The number of rotatable bonds is 6. The highest BCUT2D eigenvalue weighted by Gasteiger charge is 2.15. The van der Waals surface area contributed by atoms with Crippen LogP contribution in [0, 0.1) is 5.41 Å². The third-order valence-electron chi connectivity index (χ3n) is 3.04. The van der Waals surface area contributed by atoms with E-state index in [0.717, 1.165) is 12.0 Å². The molecule has 1 aromatic rings. The van der Waals surface area contributed by atoms with Crippen molar-refractivity contribution in [1.29, 1.82) is 5.41 Å². The molecule has 100 valence electrons. The number of benzene rings is 1. The Kier molecular flexibility index (Phi) is 4.73. The normalized spacial score (nSPS) is 11.3. The van der Waals surface area contributed by atoms with Gasteiger partial charge in [-0.05, 0) is 38.0 Å². The van der Waals surface area contributed by atoms with Crippen LogP contribution >= 0.6 is 0 Å². The molecule has 0 aromatic heterocycles. The molecule has 0 spiro atoms. The molecule has 0 unspecified atom stereocenters. The zero-order valence-electron chi connectivity index (χ0n) is 11.5. The van der Waals surface area contributed by atoms with Crippen LogP contribution in [0.25, 0.3) is 0 Å². The highest BCUT2D eigenvalue weighted by atomic mass is 16.5. The predicted octanol–water partition coefficient (Wildman–Crippen LogP) is 2.68. The monoisotopic (exact) mass is 250 g/mol. The Hall–Kier alpha value is -1.55. The number of nitrogens with one attached hydrogen (secondary N) is 1. The molecule has 18 heavy (non-hydrogen) atoms. The lowest BCUT2D eigenvalue weighted by Gasteiger charge is -2.23. The van der Waals surface area contributed by atoms with Crippen LogP contribution in [0.2, 0.25) is 0 Å². The van der Waals surface area contributed by atoms with Crippen molar-refractivity contribution in [3.63, 3.8) is 0 Å². The fraction of sp³-hybridized carbons (Fsp3) is 0.500. The van der Waals surface area contributed by atoms with Crippen molar-refractivity contribution in [3.05, 3.63) is 29.3 Å². The average molecular weight is 250 g/mol. The minimum atomic E-state index is -0.132. The van der Waals surface area contributed by atoms with Gasteiger partial charge in [0.05, 0.1) is 24.9 Å². The van der Waals surface area contributed by atoms with Crippen LogP contribution in [0.4, 0.5) is 0 Å². The minimum Gasteiger partial charge on any atom is -0.496 e. The Balaban J connectivity index is 2.83. The van der Waals surface area contributed by atoms with Gasteiger partial charge in [0.1, 0.15) is 11.6 Å². The molecule has 1 rings (SSSR count). The quantitative estimate of drug-likeness (QED) is 0.602. The second kappa shape index (κ2) is 5.87. The van der Waals surface area contributed by atoms with Gasteiger partial charge in [0.15, 0.2) is 0 Å². The van der Waals surface area contributed by atoms with E-state index < -0.39 is 0 Å². The van der Waals surface area contributed by atoms with Crippen molar-refractivity contribution in [2.75, 3.05) is 7.11 Å². The van der Waals surface area contributed by atoms with Crippen molar-refractivity contribution in [2.45, 2.75) is 39.4 Å². The van der Waals surface area contributed by atoms with Crippen LogP contribution < -0.4 is 10.5 Å². The average Bonchev–Trinajstić information content (AvgIpc) is 2.36. The summed E-state index contributed by atoms with van der Waals surface area (Å²) in [5.74, 6) is 0.617. The van der Waals surface area contributed by atoms with E-state index >= 15 is 0 Å². The van der Waals surface area contributed by atoms with E-state index in [0.29, 0.717) is 17.9 Å². The van der Waals surface area contributed by atoms with Gasteiger partial charge >= 0.3 is 0 Å². The number of methoxy groups -OCH3 is 1. The third-order valence-corrected chi connectivity index (χ3v) is 3.04. The SMILES string of the molecule is CCC(C)(C)OCc1ccc(C(=N)N)c(OC)c1. The summed E-state index contributed by atoms with van der Waals surface area (Å²) in [5, 5.41) is 7.45. The standard InChI is InChI=1S/C14H22N2O2/c1-5-14(2,3)18-9-10-6-7-11(13(15)16)12(8-10)17-4/h6-8H,5,9H2,1-4H3,(H3,15,16). The van der Waals surface area contributed by atoms with E-state index in [4.69, 9.17) is 20.6 Å². The van der Waals surface area contributed by atoms with E-state index in [1.165, 1.54) is 0 Å². The van der Waals surface area contributed by atoms with Gasteiger partial charge < -0.3 is 15.2 Å². The highest BCUT2D eigenvalue weighted by molar-refractivity contribution is 5.97. The summed E-state index contributed by atoms with van der Waals surface area (Å²) in [4.78, 5) is 0. The van der Waals surface area contributed by atoms with E-state index in [9.17, 15) is 0 Å². The topological polar surface area (TPSA) is 68.3 Å². The van der Waals surface area contributed by atoms with Crippen LogP contribution in [0.1, 0.15) is 38.3 Å². The molecule has 0 fully saturated rings. The Morgan fingerprint density at radius 1 is 1.39 bits per heavy atom. The van der Waals surface area contributed by atoms with Gasteiger partial charge in [-0.25, -0.2) is 0 Å². The lowest BCUT2D eigenvalue weighted by Crippen LogP contribution is -2.22. The van der Waals surface area contributed by atoms with Gasteiger partial charge in [-0.1, -0.05) is 13.0 Å². The number of ether oxygens (including phenoxy) is 2. The fourth-order valence-corrected chi connectivity index (χ4v) is 1.43. The van der Waals surface area contributed by atoms with E-state index in [-0.39, 0.29) is 11.4 Å². The van der Waals surface area contributed by atoms with Gasteiger partial charge in [-0.2, -0.15) is 0 Å². The summed E-state index contributed by atoms with van der Waals surface area (Å²) in [6, 6.07) is 5.56. The first-order chi connectivity index (χ1) is 8.39. The summed E-state index contributed by atoms with van der Waals surface area (Å²) in [7, 11) is 1.57. The molecule has 0 aliphatic carbocycles. The van der Waals surface area contributed by atoms with Gasteiger partial charge in [-0.3, -0.25) is 5.41 Å². The number of amidine groups is 1. The zero-order chi connectivity index (χ0) is 13.8. The van der Waals surface area contributed by atoms with Crippen LogP contribution in [-0.2, 0) is 11.3 Å². The van der Waals surface area contributed by atoms with Crippen LogP contribution in [0.5, 0.6) is 5.75 Å². The number of hydrogen-bond acceptors (Lipinski definition) is 3. The zero-order valence-corrected chi connectivity index (χ0v) is 11.5. The predicted molar refractivity (Wildman–Crippen MR) is 73.2 cm³/mol. The molecular weight excluding hydrogens is 228 g/mol. The Labute approximate surface area is 109 Å². The second-order valence-corrected chi connectivity index (χ2v) is 4.85. The number of nitrogens with two attached hydrogens (primary N) is 1. The Bertz CT molecular complexity index is 428. The summed E-state index contributed by atoms with van der Waals surface area (Å²) in [6.07, 6.45) is 0.954. The van der Waals surface area contributed by atoms with Gasteiger partial charge in [0.2, 0.25) is 0 Å². The molecule has 4 heteroatoms. The maximum atomic E-state index is 7.45. The Morgan fingerprint density at radius 2 is 2.06 bits per heavy atom. The molecule has 0 amide bonds. The van der Waals surface area contributed by atoms with E-state index in [1.807, 2.05) is 12.1 Å². The highest BCUT2D eigenvalue weighted by Crippen LogP contribution is 2.22. The third kappa shape index (κ3) is 3.74. The van der Waals surface area contributed by atoms with Gasteiger partial charge in [0.25, 0.3) is 0 Å². The lowest BCUT2D eigenvalue weighted by atomic mass is 10.1. The summed E-state index contributed by atoms with van der Waals surface area (Å²) in [6.45, 7) is 6.75. The Morgan fingerprint density at radius 3 is 2.56 bits per heavy atom. The summed E-state index contributed by atoms with van der Waals surface area (Å²) >= 11 is 0. The molecule has 0 saturated heterocycles. The smallest absolute Gasteiger partial charge is 0.130 e. The second-order valence-electron chi connectivity index (χ2n) is 4.85. The fourth-order valence-electron chi connectivity index (χ4n) is 1.43. The lowest BCUT2D eigenvalue weighted by molar-refractivity contribution is -0.0316. The minimum absolute atomic E-state index is 0.00760.